The average molecular weight is 463 g/mol. The van der Waals surface area contributed by atoms with E-state index in [2.05, 4.69) is 15.7 Å². The number of rotatable bonds is 4. The van der Waals surface area contributed by atoms with Crippen LogP contribution in [0.25, 0.3) is 11.1 Å². The molecule has 0 bridgehead atoms. The van der Waals surface area contributed by atoms with Gasteiger partial charge in [0.05, 0.1) is 26.3 Å². The highest BCUT2D eigenvalue weighted by Crippen LogP contribution is 2.47. The van der Waals surface area contributed by atoms with Crippen molar-refractivity contribution in [1.82, 2.24) is 15.7 Å². The molecule has 2 aromatic carbocycles. The van der Waals surface area contributed by atoms with Crippen molar-refractivity contribution in [2.45, 2.75) is 24.9 Å². The molecule has 9 nitrogen and oxygen atoms in total. The Morgan fingerprint density at radius 3 is 2.76 bits per heavy atom. The molecular weight excluding hydrogens is 436 g/mol. The van der Waals surface area contributed by atoms with Gasteiger partial charge in [-0.2, -0.15) is 9.99 Å². The van der Waals surface area contributed by atoms with Crippen molar-refractivity contribution >= 4 is 28.8 Å². The molecule has 2 aliphatic heterocycles. The largest absolute Gasteiger partial charge is 0.497 e. The fraction of sp³-hybridized carbons (Fsp3) is 0.400. The molecule has 5 unspecified atom stereocenters. The number of hydrazine groups is 1. The number of methoxy groups -OCH3 is 2. The predicted octanol–water partition coefficient (Wildman–Crippen LogP) is 2.62. The van der Waals surface area contributed by atoms with Crippen LogP contribution in [0.2, 0.25) is 0 Å². The first-order valence-electron chi connectivity index (χ1n) is 11.5. The van der Waals surface area contributed by atoms with E-state index in [1.165, 1.54) is 5.01 Å². The van der Waals surface area contributed by atoms with Gasteiger partial charge in [-0.15, -0.1) is 0 Å². The minimum atomic E-state index is -0.398. The number of nitrogens with zero attached hydrogens (tertiary/aromatic N) is 2. The molecule has 2 saturated heterocycles. The van der Waals surface area contributed by atoms with Crippen molar-refractivity contribution in [3.05, 3.63) is 48.0 Å². The van der Waals surface area contributed by atoms with Gasteiger partial charge in [-0.05, 0) is 42.0 Å². The molecule has 3 aromatic rings. The van der Waals surface area contributed by atoms with Crippen molar-refractivity contribution < 1.29 is 23.5 Å². The van der Waals surface area contributed by atoms with Gasteiger partial charge in [0, 0.05) is 24.9 Å². The molecule has 34 heavy (non-hydrogen) atoms. The summed E-state index contributed by atoms with van der Waals surface area (Å²) in [5.41, 5.74) is 5.50. The smallest absolute Gasteiger partial charge is 0.320 e. The Kier molecular flexibility index (Phi) is 5.04. The quantitative estimate of drug-likeness (QED) is 0.610. The van der Waals surface area contributed by atoms with Gasteiger partial charge in [0.15, 0.2) is 5.58 Å². The highest BCUT2D eigenvalue weighted by molar-refractivity contribution is 5.97. The molecule has 1 amide bonds. The van der Waals surface area contributed by atoms with E-state index in [1.54, 1.807) is 14.2 Å². The molecule has 2 N–H and O–H groups in total. The highest BCUT2D eigenvalue weighted by Gasteiger charge is 2.55. The monoisotopic (exact) mass is 462 g/mol. The van der Waals surface area contributed by atoms with E-state index < -0.39 is 5.92 Å². The Labute approximate surface area is 196 Å². The number of aromatic nitrogens is 1. The number of hydrogen-bond acceptors (Lipinski definition) is 8. The molecule has 5 atom stereocenters. The maximum atomic E-state index is 13.6. The van der Waals surface area contributed by atoms with E-state index in [9.17, 15) is 9.59 Å². The van der Waals surface area contributed by atoms with Gasteiger partial charge in [-0.1, -0.05) is 18.2 Å². The summed E-state index contributed by atoms with van der Waals surface area (Å²) in [5.74, 6) is 0.725. The predicted molar refractivity (Wildman–Crippen MR) is 123 cm³/mol. The number of hydrogen-bond donors (Lipinski definition) is 2. The van der Waals surface area contributed by atoms with Crippen LogP contribution in [0, 0.1) is 17.8 Å². The molecule has 176 valence electrons. The lowest BCUT2D eigenvalue weighted by molar-refractivity contribution is -0.133. The number of benzene rings is 2. The first-order valence-corrected chi connectivity index (χ1v) is 11.5. The van der Waals surface area contributed by atoms with Crippen LogP contribution in [0.4, 0.5) is 6.01 Å². The second-order valence-corrected chi connectivity index (χ2v) is 9.16. The molecule has 3 aliphatic rings. The molecule has 1 saturated carbocycles. The van der Waals surface area contributed by atoms with E-state index in [0.29, 0.717) is 35.6 Å². The van der Waals surface area contributed by atoms with Gasteiger partial charge in [-0.25, -0.2) is 5.43 Å². The number of amides is 1. The average Bonchev–Trinajstić information content (AvgIpc) is 3.44. The van der Waals surface area contributed by atoms with Crippen molar-refractivity contribution in [3.8, 4) is 11.5 Å². The lowest BCUT2D eigenvalue weighted by atomic mass is 9.64. The van der Waals surface area contributed by atoms with Crippen LogP contribution < -0.4 is 25.2 Å². The number of ketones is 1. The third kappa shape index (κ3) is 3.26. The molecule has 3 heterocycles. The summed E-state index contributed by atoms with van der Waals surface area (Å²) in [7, 11) is 3.23. The second kappa shape index (κ2) is 8.11. The Hall–Kier alpha value is -3.43. The highest BCUT2D eigenvalue weighted by atomic mass is 16.5. The molecule has 9 heteroatoms. The maximum absolute atomic E-state index is 13.6. The number of para-hydroxylation sites is 2. The van der Waals surface area contributed by atoms with Crippen LogP contribution in [0.15, 0.2) is 46.9 Å². The molecule has 0 spiro atoms. The molecule has 3 fully saturated rings. The SMILES string of the molecule is COc1ccc(C2CC(=O)C3CNC4NN(c5nc6ccccc6o5)C(=O)C4C3C2)c(OC)c1. The number of nitrogens with one attached hydrogen (secondary N) is 2. The van der Waals surface area contributed by atoms with E-state index in [0.717, 1.165) is 12.0 Å². The summed E-state index contributed by atoms with van der Waals surface area (Å²) in [6.07, 6.45) is 0.865. The first-order chi connectivity index (χ1) is 16.6. The number of ether oxygens (including phenoxy) is 2. The lowest BCUT2D eigenvalue weighted by Crippen LogP contribution is -2.57. The van der Waals surface area contributed by atoms with Gasteiger partial charge >= 0.3 is 6.01 Å². The van der Waals surface area contributed by atoms with Crippen LogP contribution in [-0.2, 0) is 9.59 Å². The minimum absolute atomic E-state index is 0.0282. The van der Waals surface area contributed by atoms with E-state index in [1.807, 2.05) is 42.5 Å². The maximum Gasteiger partial charge on any atom is 0.320 e. The first kappa shape index (κ1) is 21.1. The zero-order valence-electron chi connectivity index (χ0n) is 19.0. The Balaban J connectivity index is 1.30. The summed E-state index contributed by atoms with van der Waals surface area (Å²) in [4.78, 5) is 31.3. The molecular formula is C25H26N4O5. The Morgan fingerprint density at radius 1 is 1.12 bits per heavy atom. The zero-order chi connectivity index (χ0) is 23.4. The summed E-state index contributed by atoms with van der Waals surface area (Å²) >= 11 is 0. The van der Waals surface area contributed by atoms with Crippen molar-refractivity contribution in [2.24, 2.45) is 17.8 Å². The van der Waals surface area contributed by atoms with Gasteiger partial charge in [-0.3, -0.25) is 14.9 Å². The van der Waals surface area contributed by atoms with Crippen LogP contribution >= 0.6 is 0 Å². The number of Topliss-reactive ketones (excluding diaryl/α,β-unsaturated/α-hetero) is 1. The van der Waals surface area contributed by atoms with Crippen molar-refractivity contribution in [3.63, 3.8) is 0 Å². The number of fused-ring (bicyclic) bond motifs is 4. The summed E-state index contributed by atoms with van der Waals surface area (Å²) in [6.45, 7) is 0.540. The lowest BCUT2D eigenvalue weighted by Gasteiger charge is -2.43. The second-order valence-electron chi connectivity index (χ2n) is 9.16. The molecule has 1 aromatic heterocycles. The summed E-state index contributed by atoms with van der Waals surface area (Å²) < 4.78 is 16.8. The summed E-state index contributed by atoms with van der Waals surface area (Å²) in [6, 6.07) is 13.3. The molecule has 1 aliphatic carbocycles. The zero-order valence-corrected chi connectivity index (χ0v) is 19.0. The minimum Gasteiger partial charge on any atom is -0.497 e. The van der Waals surface area contributed by atoms with Crippen LogP contribution in [0.1, 0.15) is 24.3 Å². The molecule has 6 rings (SSSR count). The van der Waals surface area contributed by atoms with E-state index >= 15 is 0 Å². The fourth-order valence-electron chi connectivity index (χ4n) is 5.80. The number of carbonyl (C=O) groups excluding carboxylic acids is 2. The number of carbonyl (C=O) groups is 2. The van der Waals surface area contributed by atoms with Gasteiger partial charge in [0.25, 0.3) is 5.91 Å². The van der Waals surface area contributed by atoms with Gasteiger partial charge < -0.3 is 13.9 Å². The third-order valence-electron chi connectivity index (χ3n) is 7.44. The van der Waals surface area contributed by atoms with Crippen LogP contribution in [0.5, 0.6) is 11.5 Å². The normalized spacial score (nSPS) is 28.6. The van der Waals surface area contributed by atoms with Crippen molar-refractivity contribution in [2.75, 3.05) is 25.8 Å². The van der Waals surface area contributed by atoms with Crippen LogP contribution in [0.3, 0.4) is 0 Å². The van der Waals surface area contributed by atoms with Gasteiger partial charge in [0.1, 0.15) is 22.8 Å². The fourth-order valence-corrected chi connectivity index (χ4v) is 5.80. The Bertz CT molecular complexity index is 1240. The standard InChI is InChI=1S/C25H26N4O5/c1-32-14-7-8-15(21(11-14)33-2)13-9-16-17(19(30)10-13)12-26-23-22(16)24(31)29(28-23)25-27-18-5-3-4-6-20(18)34-25/h3-8,11,13,16-17,22-23,26,28H,9-10,12H2,1-2H3. The van der Waals surface area contributed by atoms with E-state index in [-0.39, 0.29) is 41.6 Å². The van der Waals surface area contributed by atoms with Gasteiger partial charge in [0.2, 0.25) is 0 Å². The topological polar surface area (TPSA) is 106 Å². The summed E-state index contributed by atoms with van der Waals surface area (Å²) in [5, 5.41) is 4.76. The number of oxazole rings is 1. The van der Waals surface area contributed by atoms with Crippen molar-refractivity contribution in [1.29, 1.82) is 0 Å². The number of piperidine rings is 1. The molecule has 0 radical (unpaired) electrons. The Morgan fingerprint density at radius 2 is 1.97 bits per heavy atom. The van der Waals surface area contributed by atoms with E-state index in [4.69, 9.17) is 13.9 Å². The van der Waals surface area contributed by atoms with Crippen LogP contribution in [-0.4, -0.2) is 43.6 Å². The third-order valence-corrected chi connectivity index (χ3v) is 7.44. The number of anilines is 1.